The van der Waals surface area contributed by atoms with Crippen molar-refractivity contribution in [2.24, 2.45) is 5.92 Å². The molecule has 1 saturated carbocycles. The number of piperidine rings is 1. The predicted molar refractivity (Wildman–Crippen MR) is 129 cm³/mol. The number of nitrogens with one attached hydrogen (secondary N) is 2. The van der Waals surface area contributed by atoms with Gasteiger partial charge in [0.15, 0.2) is 0 Å². The summed E-state index contributed by atoms with van der Waals surface area (Å²) in [6.45, 7) is 9.23. The number of benzene rings is 1. The first-order chi connectivity index (χ1) is 14.8. The Kier molecular flexibility index (Phi) is 6.89. The maximum Gasteiger partial charge on any atom is 0.278 e. The van der Waals surface area contributed by atoms with Gasteiger partial charge in [-0.15, -0.1) is 5.06 Å². The molecule has 0 aromatic heterocycles. The molecule has 4 rings (SSSR count). The van der Waals surface area contributed by atoms with E-state index in [1.54, 1.807) is 0 Å². The number of rotatable bonds is 4. The van der Waals surface area contributed by atoms with Crippen LogP contribution in [0.15, 0.2) is 30.3 Å². The molecule has 170 valence electrons. The Morgan fingerprint density at radius 2 is 1.84 bits per heavy atom. The van der Waals surface area contributed by atoms with E-state index in [1.165, 1.54) is 37.7 Å². The molecular formula is C25H37N3O2S. The molecule has 1 aromatic rings. The molecule has 2 fully saturated rings. The van der Waals surface area contributed by atoms with Crippen molar-refractivity contribution in [2.45, 2.75) is 76.7 Å². The third-order valence-electron chi connectivity index (χ3n) is 6.87. The summed E-state index contributed by atoms with van der Waals surface area (Å²) in [5, 5.41) is 5.79. The average Bonchev–Trinajstić information content (AvgIpc) is 3.18. The van der Waals surface area contributed by atoms with Crippen molar-refractivity contribution in [1.82, 2.24) is 15.9 Å². The molecule has 2 N–H and O–H groups in total. The van der Waals surface area contributed by atoms with Crippen LogP contribution in [-0.4, -0.2) is 35.5 Å². The fraction of sp³-hybridized carbons (Fsp3) is 0.640. The van der Waals surface area contributed by atoms with Gasteiger partial charge in [0.2, 0.25) is 0 Å². The zero-order valence-electron chi connectivity index (χ0n) is 19.2. The molecule has 1 aliphatic carbocycles. The van der Waals surface area contributed by atoms with E-state index in [9.17, 15) is 0 Å². The highest BCUT2D eigenvalue weighted by Gasteiger charge is 2.39. The first-order valence-corrected chi connectivity index (χ1v) is 12.2. The maximum atomic E-state index is 6.05. The normalized spacial score (nSPS) is 22.1. The molecule has 0 radical (unpaired) electrons. The fourth-order valence-corrected chi connectivity index (χ4v) is 4.93. The van der Waals surface area contributed by atoms with Crippen LogP contribution in [0.5, 0.6) is 0 Å². The van der Waals surface area contributed by atoms with Gasteiger partial charge in [-0.1, -0.05) is 64.3 Å². The first kappa shape index (κ1) is 22.6. The molecule has 5 nitrogen and oxygen atoms in total. The van der Waals surface area contributed by atoms with E-state index in [1.807, 2.05) is 5.06 Å². The smallest absolute Gasteiger partial charge is 0.278 e. The molecule has 31 heavy (non-hydrogen) atoms. The summed E-state index contributed by atoms with van der Waals surface area (Å²) in [6.07, 6.45) is 10.7. The van der Waals surface area contributed by atoms with Gasteiger partial charge in [-0.05, 0) is 66.4 Å². The number of thiocarbonyl (C=S) groups is 1. The quantitative estimate of drug-likeness (QED) is 0.633. The molecular weight excluding hydrogens is 406 g/mol. The van der Waals surface area contributed by atoms with Crippen molar-refractivity contribution in [3.05, 3.63) is 41.5 Å². The number of nitrogens with zero attached hydrogens (tertiary/aromatic N) is 1. The summed E-state index contributed by atoms with van der Waals surface area (Å²) >= 11 is 5.42. The van der Waals surface area contributed by atoms with Gasteiger partial charge in [0.25, 0.3) is 5.17 Å². The maximum absolute atomic E-state index is 6.05. The van der Waals surface area contributed by atoms with Gasteiger partial charge < -0.3 is 10.2 Å². The Morgan fingerprint density at radius 1 is 1.16 bits per heavy atom. The molecule has 0 unspecified atom stereocenters. The summed E-state index contributed by atoms with van der Waals surface area (Å²) in [4.78, 5) is 12.0. The van der Waals surface area contributed by atoms with Crippen LogP contribution in [0.4, 0.5) is 0 Å². The number of hydrogen-bond donors (Lipinski definition) is 2. The van der Waals surface area contributed by atoms with E-state index in [0.717, 1.165) is 49.7 Å². The average molecular weight is 444 g/mol. The monoisotopic (exact) mass is 443 g/mol. The third kappa shape index (κ3) is 5.79. The minimum Gasteiger partial charge on any atom is -0.376 e. The Morgan fingerprint density at radius 3 is 2.48 bits per heavy atom. The highest BCUT2D eigenvalue weighted by Crippen LogP contribution is 2.35. The second-order valence-electron chi connectivity index (χ2n) is 10.3. The van der Waals surface area contributed by atoms with Gasteiger partial charge in [0.05, 0.1) is 5.70 Å². The molecule has 0 bridgehead atoms. The first-order valence-electron chi connectivity index (χ1n) is 11.8. The van der Waals surface area contributed by atoms with Gasteiger partial charge in [-0.3, -0.25) is 10.3 Å². The molecule has 3 aliphatic rings. The zero-order chi connectivity index (χ0) is 21.9. The second kappa shape index (κ2) is 9.47. The minimum absolute atomic E-state index is 0.159. The highest BCUT2D eigenvalue weighted by atomic mass is 32.1. The van der Waals surface area contributed by atoms with Crippen molar-refractivity contribution in [1.29, 1.82) is 0 Å². The van der Waals surface area contributed by atoms with E-state index in [0.29, 0.717) is 5.17 Å². The van der Waals surface area contributed by atoms with E-state index in [-0.39, 0.29) is 11.0 Å². The molecule has 1 spiro atoms. The van der Waals surface area contributed by atoms with E-state index in [4.69, 9.17) is 21.9 Å². The van der Waals surface area contributed by atoms with Gasteiger partial charge in [-0.25, -0.2) is 0 Å². The Bertz CT molecular complexity index is 786. The van der Waals surface area contributed by atoms with Gasteiger partial charge in [0.1, 0.15) is 5.60 Å². The molecule has 0 amide bonds. The Labute approximate surface area is 192 Å². The summed E-state index contributed by atoms with van der Waals surface area (Å²) in [5.41, 5.74) is 6.61. The largest absolute Gasteiger partial charge is 0.376 e. The van der Waals surface area contributed by atoms with Crippen molar-refractivity contribution >= 4 is 23.1 Å². The standard InChI is InChI=1S/C25H37N3O2S/c1-24(2,3)21-11-9-20(10-12-21)22-17-25(30-27-22)13-15-28(16-14-25)29-23(31)26-18-19-7-5-4-6-8-19/h9-12,17,19,27H,4-8,13-16,18H2,1-3H3,(H,26,31). The topological polar surface area (TPSA) is 45.8 Å². The van der Waals surface area contributed by atoms with E-state index < -0.39 is 0 Å². The summed E-state index contributed by atoms with van der Waals surface area (Å²) in [6, 6.07) is 8.77. The van der Waals surface area contributed by atoms with Crippen LogP contribution in [0.25, 0.3) is 5.70 Å². The third-order valence-corrected chi connectivity index (χ3v) is 7.09. The lowest BCUT2D eigenvalue weighted by molar-refractivity contribution is -0.144. The minimum atomic E-state index is -0.269. The fourth-order valence-electron chi connectivity index (χ4n) is 4.74. The van der Waals surface area contributed by atoms with Crippen LogP contribution >= 0.6 is 12.2 Å². The second-order valence-corrected chi connectivity index (χ2v) is 10.7. The van der Waals surface area contributed by atoms with Crippen LogP contribution in [0.2, 0.25) is 0 Å². The van der Waals surface area contributed by atoms with Crippen LogP contribution < -0.4 is 10.8 Å². The van der Waals surface area contributed by atoms with Crippen LogP contribution in [-0.2, 0) is 15.1 Å². The van der Waals surface area contributed by atoms with E-state index >= 15 is 0 Å². The van der Waals surface area contributed by atoms with Crippen molar-refractivity contribution in [2.75, 3.05) is 19.6 Å². The SMILES string of the molecule is CC(C)(C)c1ccc(C2=CC3(CCN(OC(=S)NCC4CCCCC4)CC3)ON2)cc1. The van der Waals surface area contributed by atoms with Crippen LogP contribution in [0, 0.1) is 5.92 Å². The van der Waals surface area contributed by atoms with Crippen LogP contribution in [0.3, 0.4) is 0 Å². The summed E-state index contributed by atoms with van der Waals surface area (Å²) in [5.74, 6) is 0.735. The van der Waals surface area contributed by atoms with Gasteiger partial charge >= 0.3 is 0 Å². The van der Waals surface area contributed by atoms with E-state index in [2.05, 4.69) is 61.9 Å². The lowest BCUT2D eigenvalue weighted by Crippen LogP contribution is -2.46. The van der Waals surface area contributed by atoms with Crippen molar-refractivity contribution < 1.29 is 9.68 Å². The van der Waals surface area contributed by atoms with Gasteiger partial charge in [-0.2, -0.15) is 0 Å². The predicted octanol–water partition coefficient (Wildman–Crippen LogP) is 5.08. The summed E-state index contributed by atoms with van der Waals surface area (Å²) < 4.78 is 0. The lowest BCUT2D eigenvalue weighted by Gasteiger charge is -2.35. The molecule has 1 aromatic carbocycles. The molecule has 2 aliphatic heterocycles. The number of hydrogen-bond acceptors (Lipinski definition) is 5. The van der Waals surface area contributed by atoms with Gasteiger partial charge in [0, 0.05) is 19.6 Å². The number of hydroxylamine groups is 3. The Balaban J connectivity index is 1.26. The van der Waals surface area contributed by atoms with Crippen molar-refractivity contribution in [3.8, 4) is 0 Å². The van der Waals surface area contributed by atoms with Crippen molar-refractivity contribution in [3.63, 3.8) is 0 Å². The molecule has 1 saturated heterocycles. The molecule has 2 heterocycles. The summed E-state index contributed by atoms with van der Waals surface area (Å²) in [7, 11) is 0. The lowest BCUT2D eigenvalue weighted by atomic mass is 9.86. The Hall–Kier alpha value is -1.63. The molecule has 6 heteroatoms. The highest BCUT2D eigenvalue weighted by molar-refractivity contribution is 7.80. The van der Waals surface area contributed by atoms with Crippen LogP contribution in [0.1, 0.15) is 76.8 Å². The molecule has 0 atom stereocenters. The zero-order valence-corrected chi connectivity index (χ0v) is 20.0.